The predicted molar refractivity (Wildman–Crippen MR) is 132 cm³/mol. The van der Waals surface area contributed by atoms with E-state index >= 15 is 0 Å². The Bertz CT molecular complexity index is 1600. The van der Waals surface area contributed by atoms with Crippen LogP contribution in [-0.2, 0) is 0 Å². The summed E-state index contributed by atoms with van der Waals surface area (Å²) in [5.74, 6) is -0.309. The number of amides is 1. The van der Waals surface area contributed by atoms with Gasteiger partial charge in [-0.15, -0.1) is 11.3 Å². The van der Waals surface area contributed by atoms with Crippen LogP contribution in [0.1, 0.15) is 10.4 Å². The first-order valence-corrected chi connectivity index (χ1v) is 11.9. The number of aromatic amines is 2. The number of anilines is 1. The summed E-state index contributed by atoms with van der Waals surface area (Å²) in [6, 6.07) is 14.0. The number of rotatable bonds is 3. The van der Waals surface area contributed by atoms with Gasteiger partial charge in [0, 0.05) is 53.4 Å². The number of carbonyl (C=O) groups is 1. The quantitative estimate of drug-likeness (QED) is 0.411. The van der Waals surface area contributed by atoms with E-state index < -0.39 is 0 Å². The molecule has 1 amide bonds. The number of carbonyl (C=O) groups excluding carboxylic acids is 1. The smallest absolute Gasteiger partial charge is 0.276 e. The van der Waals surface area contributed by atoms with Crippen molar-refractivity contribution in [2.75, 3.05) is 31.1 Å². The lowest BCUT2D eigenvalue weighted by molar-refractivity contribution is 0.0747. The molecule has 0 aliphatic carbocycles. The van der Waals surface area contributed by atoms with E-state index in [1.165, 1.54) is 17.4 Å². The van der Waals surface area contributed by atoms with Crippen molar-refractivity contribution >= 4 is 44.9 Å². The van der Waals surface area contributed by atoms with Crippen LogP contribution in [0.3, 0.4) is 0 Å². The van der Waals surface area contributed by atoms with E-state index in [4.69, 9.17) is 0 Å². The summed E-state index contributed by atoms with van der Waals surface area (Å²) in [4.78, 5) is 40.0. The van der Waals surface area contributed by atoms with Crippen molar-refractivity contribution in [2.45, 2.75) is 0 Å². The number of thiophene rings is 1. The van der Waals surface area contributed by atoms with Gasteiger partial charge >= 0.3 is 0 Å². The molecule has 1 aliphatic heterocycles. The van der Waals surface area contributed by atoms with Crippen molar-refractivity contribution in [3.05, 3.63) is 81.0 Å². The average molecular weight is 474 g/mol. The number of hydrogen-bond donors (Lipinski definition) is 2. The lowest BCUT2D eigenvalue weighted by Crippen LogP contribution is -2.49. The Labute approximate surface area is 197 Å². The Kier molecular flexibility index (Phi) is 4.91. The molecule has 0 unspecified atom stereocenters. The zero-order valence-corrected chi connectivity index (χ0v) is 18.9. The van der Waals surface area contributed by atoms with E-state index in [0.717, 1.165) is 21.9 Å². The Morgan fingerprint density at radius 3 is 2.62 bits per heavy atom. The molecule has 6 rings (SSSR count). The van der Waals surface area contributed by atoms with Gasteiger partial charge in [0.15, 0.2) is 5.69 Å². The minimum absolute atomic E-state index is 0.0616. The van der Waals surface area contributed by atoms with Gasteiger partial charge in [-0.3, -0.25) is 9.59 Å². The summed E-state index contributed by atoms with van der Waals surface area (Å²) in [7, 11) is 0. The van der Waals surface area contributed by atoms with Gasteiger partial charge in [-0.1, -0.05) is 12.1 Å². The van der Waals surface area contributed by atoms with Crippen LogP contribution in [0.15, 0.2) is 64.1 Å². The third-order valence-corrected chi connectivity index (χ3v) is 6.95. The van der Waals surface area contributed by atoms with Crippen molar-refractivity contribution in [2.24, 2.45) is 0 Å². The minimum Gasteiger partial charge on any atom is -0.366 e. The average Bonchev–Trinajstić information content (AvgIpc) is 3.49. The molecule has 0 spiro atoms. The maximum Gasteiger partial charge on any atom is 0.276 e. The maximum absolute atomic E-state index is 14.1. The summed E-state index contributed by atoms with van der Waals surface area (Å²) in [6.45, 7) is 2.18. The van der Waals surface area contributed by atoms with Crippen LogP contribution in [0, 0.1) is 5.82 Å². The van der Waals surface area contributed by atoms with E-state index in [9.17, 15) is 14.0 Å². The highest BCUT2D eigenvalue weighted by molar-refractivity contribution is 7.09. The van der Waals surface area contributed by atoms with Crippen LogP contribution in [-0.4, -0.2) is 51.9 Å². The van der Waals surface area contributed by atoms with Gasteiger partial charge in [0.2, 0.25) is 0 Å². The molecule has 170 valence electrons. The van der Waals surface area contributed by atoms with Gasteiger partial charge in [-0.2, -0.15) is 0 Å². The summed E-state index contributed by atoms with van der Waals surface area (Å²) in [6.07, 6.45) is 0. The maximum atomic E-state index is 14.1. The molecular formula is C25H20FN5O2S. The highest BCUT2D eigenvalue weighted by atomic mass is 32.1. The topological polar surface area (TPSA) is 85.1 Å². The number of aromatic nitrogens is 3. The van der Waals surface area contributed by atoms with Gasteiger partial charge < -0.3 is 19.8 Å². The Hall–Kier alpha value is -3.98. The zero-order valence-electron chi connectivity index (χ0n) is 18.0. The van der Waals surface area contributed by atoms with Gasteiger partial charge in [0.25, 0.3) is 11.5 Å². The molecule has 7 nitrogen and oxygen atoms in total. The van der Waals surface area contributed by atoms with E-state index in [2.05, 4.69) is 15.0 Å². The van der Waals surface area contributed by atoms with Gasteiger partial charge in [-0.05, 0) is 36.4 Å². The first-order chi connectivity index (χ1) is 16.6. The lowest BCUT2D eigenvalue weighted by atomic mass is 10.1. The Balaban J connectivity index is 1.23. The van der Waals surface area contributed by atoms with E-state index in [0.29, 0.717) is 48.8 Å². The molecule has 1 fully saturated rings. The van der Waals surface area contributed by atoms with Crippen LogP contribution in [0.4, 0.5) is 10.1 Å². The molecule has 34 heavy (non-hydrogen) atoms. The van der Waals surface area contributed by atoms with Crippen LogP contribution in [0.2, 0.25) is 0 Å². The molecule has 0 saturated carbocycles. The Morgan fingerprint density at radius 1 is 0.971 bits per heavy atom. The van der Waals surface area contributed by atoms with Crippen molar-refractivity contribution in [1.82, 2.24) is 19.9 Å². The number of halogens is 1. The van der Waals surface area contributed by atoms with Gasteiger partial charge in [0.1, 0.15) is 5.82 Å². The molecule has 2 N–H and O–H groups in total. The summed E-state index contributed by atoms with van der Waals surface area (Å²) in [5, 5.41) is 4.57. The number of hydrogen-bond acceptors (Lipinski definition) is 5. The summed E-state index contributed by atoms with van der Waals surface area (Å²) in [5.41, 5.74) is 4.09. The number of benzene rings is 2. The minimum atomic E-state index is -0.263. The zero-order chi connectivity index (χ0) is 23.2. The molecular weight excluding hydrogens is 453 g/mol. The molecule has 5 aromatic rings. The molecule has 0 bridgehead atoms. The fraction of sp³-hybridized carbons (Fsp3) is 0.160. The number of para-hydroxylation sites is 1. The van der Waals surface area contributed by atoms with Crippen molar-refractivity contribution in [1.29, 1.82) is 0 Å². The fourth-order valence-electron chi connectivity index (χ4n) is 4.44. The summed E-state index contributed by atoms with van der Waals surface area (Å²) < 4.78 is 14.1. The normalized spacial score (nSPS) is 14.3. The van der Waals surface area contributed by atoms with Gasteiger partial charge in [-0.25, -0.2) is 9.37 Å². The molecule has 9 heteroatoms. The van der Waals surface area contributed by atoms with Crippen LogP contribution >= 0.6 is 11.3 Å². The first kappa shape index (κ1) is 20.6. The predicted octanol–water partition coefficient (Wildman–Crippen LogP) is 4.23. The second kappa shape index (κ2) is 8.11. The fourth-order valence-corrected chi connectivity index (χ4v) is 5.13. The second-order valence-corrected chi connectivity index (χ2v) is 9.04. The standard InChI is InChI=1S/C25H20FN5O2S/c26-17-3-1-2-4-22(17)30-7-9-31(10-8-30)25(33)15-5-6-18-16(11-15)12-19(27-18)23-24(32)29-21-14-34-13-20(21)28-23/h1-6,11-14,27H,7-10H2,(H,29,32). The molecule has 1 saturated heterocycles. The number of piperazine rings is 1. The summed E-state index contributed by atoms with van der Waals surface area (Å²) >= 11 is 1.48. The first-order valence-electron chi connectivity index (χ1n) is 10.9. The number of nitrogens with one attached hydrogen (secondary N) is 2. The SMILES string of the molecule is O=C(c1ccc2[nH]c(-c3nc4cscc4[nH]c3=O)cc2c1)N1CCN(c2ccccc2F)CC1. The highest BCUT2D eigenvalue weighted by Gasteiger charge is 2.24. The third-order valence-electron chi connectivity index (χ3n) is 6.22. The van der Waals surface area contributed by atoms with Crippen LogP contribution in [0.25, 0.3) is 33.3 Å². The largest absolute Gasteiger partial charge is 0.366 e. The monoisotopic (exact) mass is 473 g/mol. The molecule has 0 atom stereocenters. The molecule has 1 aliphatic rings. The van der Waals surface area contributed by atoms with Crippen molar-refractivity contribution < 1.29 is 9.18 Å². The van der Waals surface area contributed by atoms with Crippen LogP contribution in [0.5, 0.6) is 0 Å². The van der Waals surface area contributed by atoms with Crippen molar-refractivity contribution in [3.63, 3.8) is 0 Å². The van der Waals surface area contributed by atoms with Crippen molar-refractivity contribution in [3.8, 4) is 11.4 Å². The second-order valence-electron chi connectivity index (χ2n) is 8.30. The third kappa shape index (κ3) is 3.54. The molecule has 3 aromatic heterocycles. The molecule has 0 radical (unpaired) electrons. The number of fused-ring (bicyclic) bond motifs is 2. The number of H-pyrrole nitrogens is 2. The molecule has 2 aromatic carbocycles. The van der Waals surface area contributed by atoms with E-state index in [1.54, 1.807) is 23.1 Å². The van der Waals surface area contributed by atoms with Gasteiger partial charge in [0.05, 0.1) is 22.4 Å². The molecule has 4 heterocycles. The van der Waals surface area contributed by atoms with Crippen LogP contribution < -0.4 is 10.5 Å². The lowest BCUT2D eigenvalue weighted by Gasteiger charge is -2.36. The highest BCUT2D eigenvalue weighted by Crippen LogP contribution is 2.25. The number of nitrogens with zero attached hydrogens (tertiary/aromatic N) is 3. The van der Waals surface area contributed by atoms with E-state index in [1.807, 2.05) is 39.9 Å². The van der Waals surface area contributed by atoms with E-state index in [-0.39, 0.29) is 17.3 Å². The Morgan fingerprint density at radius 2 is 1.79 bits per heavy atom.